The number of hydrogen-bond donors (Lipinski definition) is 1. The summed E-state index contributed by atoms with van der Waals surface area (Å²) >= 11 is 0. The van der Waals surface area contributed by atoms with Gasteiger partial charge < -0.3 is 15.0 Å². The lowest BCUT2D eigenvalue weighted by Crippen LogP contribution is -2.10. The summed E-state index contributed by atoms with van der Waals surface area (Å²) in [5.41, 5.74) is 7.74. The van der Waals surface area contributed by atoms with E-state index in [2.05, 4.69) is 9.97 Å². The van der Waals surface area contributed by atoms with E-state index in [1.165, 1.54) is 12.8 Å². The molecule has 0 unspecified atom stereocenters. The van der Waals surface area contributed by atoms with E-state index in [-0.39, 0.29) is 0 Å². The fraction of sp³-hybridized carbons (Fsp3) is 0.500. The highest BCUT2D eigenvalue weighted by molar-refractivity contribution is 5.76. The number of nitrogens with two attached hydrogens (primary N) is 1. The van der Waals surface area contributed by atoms with Crippen LogP contribution in [0.4, 0.5) is 5.95 Å². The van der Waals surface area contributed by atoms with E-state index >= 15 is 0 Å². The predicted molar refractivity (Wildman–Crippen MR) is 65.5 cm³/mol. The minimum atomic E-state index is 0.531. The molecule has 90 valence electrons. The largest absolute Gasteiger partial charge is 0.379 e. The first-order chi connectivity index (χ1) is 8.34. The van der Waals surface area contributed by atoms with Gasteiger partial charge in [-0.15, -0.1) is 0 Å². The molecule has 0 amide bonds. The maximum atomic E-state index is 5.88. The lowest BCUT2D eigenvalue weighted by Gasteiger charge is -2.06. The van der Waals surface area contributed by atoms with Crippen LogP contribution in [-0.4, -0.2) is 27.7 Å². The van der Waals surface area contributed by atoms with Gasteiger partial charge in [-0.2, -0.15) is 0 Å². The van der Waals surface area contributed by atoms with Crippen LogP contribution in [0.3, 0.4) is 0 Å². The number of rotatable bonds is 5. The molecule has 0 aliphatic heterocycles. The number of pyridine rings is 1. The smallest absolute Gasteiger partial charge is 0.201 e. The molecule has 5 heteroatoms. The number of aromatic nitrogens is 3. The molecule has 3 rings (SSSR count). The lowest BCUT2D eigenvalue weighted by molar-refractivity contribution is 0.118. The third kappa shape index (κ3) is 2.24. The van der Waals surface area contributed by atoms with Crippen molar-refractivity contribution in [1.82, 2.24) is 14.5 Å². The van der Waals surface area contributed by atoms with Crippen LogP contribution in [0.1, 0.15) is 12.8 Å². The number of nitrogens with zero attached hydrogens (tertiary/aromatic N) is 3. The van der Waals surface area contributed by atoms with Crippen molar-refractivity contribution in [3.8, 4) is 0 Å². The molecule has 2 heterocycles. The molecule has 0 saturated heterocycles. The van der Waals surface area contributed by atoms with Crippen LogP contribution < -0.4 is 5.73 Å². The molecule has 0 radical (unpaired) electrons. The second kappa shape index (κ2) is 4.33. The first-order valence-corrected chi connectivity index (χ1v) is 5.98. The zero-order chi connectivity index (χ0) is 11.7. The van der Waals surface area contributed by atoms with Crippen molar-refractivity contribution in [2.75, 3.05) is 18.9 Å². The van der Waals surface area contributed by atoms with E-state index in [1.54, 1.807) is 12.4 Å². The first kappa shape index (κ1) is 10.5. The predicted octanol–water partition coefficient (Wildman–Crippen LogP) is 1.44. The van der Waals surface area contributed by atoms with Gasteiger partial charge in [0.15, 0.2) is 0 Å². The summed E-state index contributed by atoms with van der Waals surface area (Å²) < 4.78 is 7.59. The summed E-state index contributed by atoms with van der Waals surface area (Å²) in [7, 11) is 0. The standard InChI is InChI=1S/C12H16N4O/c13-12-15-10-7-14-4-3-11(10)16(12)5-6-17-8-9-1-2-9/h3-4,7,9H,1-2,5-6,8H2,(H2,13,15). The van der Waals surface area contributed by atoms with E-state index in [4.69, 9.17) is 10.5 Å². The molecule has 1 saturated carbocycles. The summed E-state index contributed by atoms with van der Waals surface area (Å²) in [5, 5.41) is 0. The Morgan fingerprint density at radius 3 is 3.18 bits per heavy atom. The van der Waals surface area contributed by atoms with E-state index in [9.17, 15) is 0 Å². The molecule has 5 nitrogen and oxygen atoms in total. The SMILES string of the molecule is Nc1nc2cnccc2n1CCOCC1CC1. The third-order valence-electron chi connectivity index (χ3n) is 3.09. The zero-order valence-electron chi connectivity index (χ0n) is 9.67. The van der Waals surface area contributed by atoms with Gasteiger partial charge in [0.1, 0.15) is 5.52 Å². The van der Waals surface area contributed by atoms with Crippen LogP contribution in [-0.2, 0) is 11.3 Å². The molecule has 0 spiro atoms. The van der Waals surface area contributed by atoms with E-state index in [0.29, 0.717) is 12.6 Å². The van der Waals surface area contributed by atoms with Gasteiger partial charge in [0.05, 0.1) is 18.3 Å². The van der Waals surface area contributed by atoms with Crippen molar-refractivity contribution in [3.63, 3.8) is 0 Å². The molecule has 1 aliphatic carbocycles. The Morgan fingerprint density at radius 2 is 2.35 bits per heavy atom. The van der Waals surface area contributed by atoms with Gasteiger partial charge >= 0.3 is 0 Å². The minimum absolute atomic E-state index is 0.531. The first-order valence-electron chi connectivity index (χ1n) is 5.98. The van der Waals surface area contributed by atoms with Gasteiger partial charge in [-0.1, -0.05) is 0 Å². The number of ether oxygens (including phenoxy) is 1. The van der Waals surface area contributed by atoms with Gasteiger partial charge in [0, 0.05) is 19.3 Å². The third-order valence-corrected chi connectivity index (χ3v) is 3.09. The normalized spacial score (nSPS) is 15.5. The summed E-state index contributed by atoms with van der Waals surface area (Å²) in [6.45, 7) is 2.32. The van der Waals surface area contributed by atoms with Crippen molar-refractivity contribution >= 4 is 17.0 Å². The molecular formula is C12H16N4O. The Labute approximate surface area is 99.6 Å². The second-order valence-corrected chi connectivity index (χ2v) is 4.50. The van der Waals surface area contributed by atoms with Gasteiger partial charge in [-0.25, -0.2) is 4.98 Å². The molecule has 1 fully saturated rings. The molecule has 1 aliphatic rings. The summed E-state index contributed by atoms with van der Waals surface area (Å²) in [6.07, 6.45) is 6.13. The monoisotopic (exact) mass is 232 g/mol. The quantitative estimate of drug-likeness (QED) is 0.792. The van der Waals surface area contributed by atoms with Crippen LogP contribution >= 0.6 is 0 Å². The summed E-state index contributed by atoms with van der Waals surface area (Å²) in [6, 6.07) is 1.93. The Kier molecular flexibility index (Phi) is 2.68. The summed E-state index contributed by atoms with van der Waals surface area (Å²) in [4.78, 5) is 8.29. The van der Waals surface area contributed by atoms with Gasteiger partial charge in [-0.05, 0) is 24.8 Å². The number of hydrogen-bond acceptors (Lipinski definition) is 4. The van der Waals surface area contributed by atoms with Gasteiger partial charge in [-0.3, -0.25) is 4.98 Å². The number of nitrogen functional groups attached to an aromatic ring is 1. The maximum Gasteiger partial charge on any atom is 0.201 e. The Bertz CT molecular complexity index is 518. The molecule has 0 atom stereocenters. The number of anilines is 1. The average molecular weight is 232 g/mol. The molecule has 2 aromatic rings. The maximum absolute atomic E-state index is 5.88. The van der Waals surface area contributed by atoms with E-state index in [0.717, 1.165) is 30.1 Å². The summed E-state index contributed by atoms with van der Waals surface area (Å²) in [5.74, 6) is 1.33. The van der Waals surface area contributed by atoms with Crippen LogP contribution in [0.5, 0.6) is 0 Å². The topological polar surface area (TPSA) is 66.0 Å². The average Bonchev–Trinajstić information content (AvgIpc) is 3.09. The molecule has 17 heavy (non-hydrogen) atoms. The van der Waals surface area contributed by atoms with E-state index < -0.39 is 0 Å². The highest BCUT2D eigenvalue weighted by atomic mass is 16.5. The van der Waals surface area contributed by atoms with Crippen LogP contribution in [0.25, 0.3) is 11.0 Å². The van der Waals surface area contributed by atoms with Crippen molar-refractivity contribution in [3.05, 3.63) is 18.5 Å². The van der Waals surface area contributed by atoms with Crippen LogP contribution in [0.2, 0.25) is 0 Å². The number of imidazole rings is 1. The lowest BCUT2D eigenvalue weighted by atomic mass is 10.4. The number of fused-ring (bicyclic) bond motifs is 1. The van der Waals surface area contributed by atoms with Crippen LogP contribution in [0, 0.1) is 5.92 Å². The Hall–Kier alpha value is -1.62. The molecule has 2 aromatic heterocycles. The highest BCUT2D eigenvalue weighted by Gasteiger charge is 2.21. The van der Waals surface area contributed by atoms with E-state index in [1.807, 2.05) is 10.6 Å². The molecule has 0 bridgehead atoms. The molecular weight excluding hydrogens is 216 g/mol. The molecule has 2 N–H and O–H groups in total. The second-order valence-electron chi connectivity index (χ2n) is 4.50. The van der Waals surface area contributed by atoms with Crippen molar-refractivity contribution in [2.24, 2.45) is 5.92 Å². The fourth-order valence-corrected chi connectivity index (χ4v) is 1.93. The van der Waals surface area contributed by atoms with Gasteiger partial charge in [0.25, 0.3) is 0 Å². The van der Waals surface area contributed by atoms with Crippen molar-refractivity contribution < 1.29 is 4.74 Å². The highest BCUT2D eigenvalue weighted by Crippen LogP contribution is 2.28. The Morgan fingerprint density at radius 1 is 1.47 bits per heavy atom. The fourth-order valence-electron chi connectivity index (χ4n) is 1.93. The zero-order valence-corrected chi connectivity index (χ0v) is 9.67. The molecule has 0 aromatic carbocycles. The Balaban J connectivity index is 1.68. The van der Waals surface area contributed by atoms with Crippen LogP contribution in [0.15, 0.2) is 18.5 Å². The van der Waals surface area contributed by atoms with Gasteiger partial charge in [0.2, 0.25) is 5.95 Å². The van der Waals surface area contributed by atoms with Crippen molar-refractivity contribution in [1.29, 1.82) is 0 Å². The minimum Gasteiger partial charge on any atom is -0.379 e. The van der Waals surface area contributed by atoms with Crippen molar-refractivity contribution in [2.45, 2.75) is 19.4 Å².